The SMILES string of the molecule is COc1ccc(N2CCN(CC(=O)NC3CCC(Oc4cnccn4)CC3)C2=O)cc1. The molecule has 1 saturated carbocycles. The minimum Gasteiger partial charge on any atom is -0.497 e. The predicted octanol–water partition coefficient (Wildman–Crippen LogP) is 2.23. The van der Waals surface area contributed by atoms with Gasteiger partial charge in [-0.2, -0.15) is 0 Å². The van der Waals surface area contributed by atoms with Gasteiger partial charge in [0.2, 0.25) is 11.8 Å². The molecule has 4 rings (SSSR count). The number of carbonyl (C=O) groups is 2. The van der Waals surface area contributed by atoms with Gasteiger partial charge in [0.05, 0.1) is 13.3 Å². The second-order valence-corrected chi connectivity index (χ2v) is 7.76. The number of carbonyl (C=O) groups excluding carboxylic acids is 2. The van der Waals surface area contributed by atoms with Gasteiger partial charge in [0.15, 0.2) is 0 Å². The molecule has 0 radical (unpaired) electrons. The number of hydrogen-bond acceptors (Lipinski definition) is 6. The number of methoxy groups -OCH3 is 1. The van der Waals surface area contributed by atoms with Crippen molar-refractivity contribution in [3.8, 4) is 11.6 Å². The fraction of sp³-hybridized carbons (Fsp3) is 0.455. The molecule has 2 heterocycles. The van der Waals surface area contributed by atoms with Gasteiger partial charge < -0.3 is 19.7 Å². The molecule has 0 atom stereocenters. The number of amides is 3. The normalized spacial score (nSPS) is 21.1. The molecular weight excluding hydrogens is 398 g/mol. The summed E-state index contributed by atoms with van der Waals surface area (Å²) in [6, 6.07) is 7.29. The molecule has 2 aromatic rings. The van der Waals surface area contributed by atoms with Crippen molar-refractivity contribution >= 4 is 17.6 Å². The van der Waals surface area contributed by atoms with Gasteiger partial charge in [-0.25, -0.2) is 9.78 Å². The lowest BCUT2D eigenvalue weighted by Gasteiger charge is -2.29. The van der Waals surface area contributed by atoms with E-state index in [4.69, 9.17) is 9.47 Å². The van der Waals surface area contributed by atoms with Crippen LogP contribution in [0, 0.1) is 0 Å². The second-order valence-electron chi connectivity index (χ2n) is 7.76. The van der Waals surface area contributed by atoms with E-state index in [0.717, 1.165) is 37.1 Å². The van der Waals surface area contributed by atoms with Gasteiger partial charge in [0.25, 0.3) is 0 Å². The summed E-state index contributed by atoms with van der Waals surface area (Å²) in [7, 11) is 1.60. The molecule has 1 aliphatic carbocycles. The smallest absolute Gasteiger partial charge is 0.325 e. The Bertz CT molecular complexity index is 885. The van der Waals surface area contributed by atoms with E-state index >= 15 is 0 Å². The highest BCUT2D eigenvalue weighted by molar-refractivity contribution is 5.96. The van der Waals surface area contributed by atoms with E-state index in [1.165, 1.54) is 0 Å². The average molecular weight is 425 g/mol. The van der Waals surface area contributed by atoms with E-state index in [1.54, 1.807) is 35.5 Å². The van der Waals surface area contributed by atoms with Crippen LogP contribution in [0.2, 0.25) is 0 Å². The first kappa shape index (κ1) is 20.9. The summed E-state index contributed by atoms with van der Waals surface area (Å²) in [5.41, 5.74) is 0.801. The summed E-state index contributed by atoms with van der Waals surface area (Å²) in [5.74, 6) is 1.15. The molecule has 1 aliphatic heterocycles. The van der Waals surface area contributed by atoms with Gasteiger partial charge in [-0.3, -0.25) is 14.7 Å². The molecular formula is C22H27N5O4. The van der Waals surface area contributed by atoms with Gasteiger partial charge in [-0.1, -0.05) is 0 Å². The van der Waals surface area contributed by atoms with Crippen LogP contribution in [0.25, 0.3) is 0 Å². The summed E-state index contributed by atoms with van der Waals surface area (Å²) in [4.78, 5) is 36.7. The first-order valence-electron chi connectivity index (χ1n) is 10.5. The van der Waals surface area contributed by atoms with Crippen molar-refractivity contribution in [2.24, 2.45) is 0 Å². The first-order chi connectivity index (χ1) is 15.1. The summed E-state index contributed by atoms with van der Waals surface area (Å²) in [6.45, 7) is 1.15. The van der Waals surface area contributed by atoms with Crippen molar-refractivity contribution in [2.45, 2.75) is 37.8 Å². The summed E-state index contributed by atoms with van der Waals surface area (Å²) >= 11 is 0. The molecule has 0 unspecified atom stereocenters. The Morgan fingerprint density at radius 3 is 2.58 bits per heavy atom. The molecule has 9 heteroatoms. The van der Waals surface area contributed by atoms with Crippen molar-refractivity contribution in [1.82, 2.24) is 20.2 Å². The molecule has 0 bridgehead atoms. The number of rotatable bonds is 7. The van der Waals surface area contributed by atoms with E-state index in [0.29, 0.717) is 19.0 Å². The maximum absolute atomic E-state index is 12.7. The van der Waals surface area contributed by atoms with Crippen LogP contribution in [0.1, 0.15) is 25.7 Å². The fourth-order valence-corrected chi connectivity index (χ4v) is 4.02. The number of ether oxygens (including phenoxy) is 2. The van der Waals surface area contributed by atoms with Crippen molar-refractivity contribution in [1.29, 1.82) is 0 Å². The van der Waals surface area contributed by atoms with Crippen LogP contribution in [0.15, 0.2) is 42.9 Å². The van der Waals surface area contributed by atoms with Crippen LogP contribution in [0.3, 0.4) is 0 Å². The Hall–Kier alpha value is -3.36. The standard InChI is InChI=1S/C22H27N5O4/c1-30-18-8-4-17(5-9-18)27-13-12-26(22(27)29)15-20(28)25-16-2-6-19(7-3-16)31-21-14-23-10-11-24-21/h4-5,8-11,14,16,19H,2-3,6-7,12-13,15H2,1H3,(H,25,28). The molecule has 164 valence electrons. The Balaban J connectivity index is 1.22. The minimum absolute atomic E-state index is 0.0710. The van der Waals surface area contributed by atoms with Crippen molar-refractivity contribution in [3.63, 3.8) is 0 Å². The molecule has 1 N–H and O–H groups in total. The molecule has 1 aromatic carbocycles. The lowest BCUT2D eigenvalue weighted by Crippen LogP contribution is -2.45. The Morgan fingerprint density at radius 1 is 1.13 bits per heavy atom. The Labute approximate surface area is 181 Å². The molecule has 9 nitrogen and oxygen atoms in total. The monoisotopic (exact) mass is 425 g/mol. The maximum atomic E-state index is 12.7. The molecule has 1 saturated heterocycles. The lowest BCUT2D eigenvalue weighted by molar-refractivity contribution is -0.122. The van der Waals surface area contributed by atoms with Crippen molar-refractivity contribution in [2.75, 3.05) is 31.6 Å². The Kier molecular flexibility index (Phi) is 6.49. The van der Waals surface area contributed by atoms with Gasteiger partial charge in [-0.05, 0) is 49.9 Å². The van der Waals surface area contributed by atoms with Gasteiger partial charge >= 0.3 is 6.03 Å². The highest BCUT2D eigenvalue weighted by Crippen LogP contribution is 2.24. The van der Waals surface area contributed by atoms with Crippen LogP contribution in [-0.4, -0.2) is 65.7 Å². The lowest BCUT2D eigenvalue weighted by atomic mass is 9.93. The highest BCUT2D eigenvalue weighted by atomic mass is 16.5. The van der Waals surface area contributed by atoms with Crippen LogP contribution >= 0.6 is 0 Å². The fourth-order valence-electron chi connectivity index (χ4n) is 4.02. The van der Waals surface area contributed by atoms with Crippen LogP contribution in [-0.2, 0) is 4.79 Å². The van der Waals surface area contributed by atoms with Gasteiger partial charge in [0.1, 0.15) is 18.4 Å². The van der Waals surface area contributed by atoms with E-state index in [-0.39, 0.29) is 30.6 Å². The highest BCUT2D eigenvalue weighted by Gasteiger charge is 2.32. The zero-order valence-electron chi connectivity index (χ0n) is 17.6. The van der Waals surface area contributed by atoms with Crippen molar-refractivity contribution in [3.05, 3.63) is 42.9 Å². The van der Waals surface area contributed by atoms with E-state index in [9.17, 15) is 9.59 Å². The molecule has 1 aromatic heterocycles. The quantitative estimate of drug-likeness (QED) is 0.731. The number of urea groups is 1. The third-order valence-corrected chi connectivity index (χ3v) is 5.68. The largest absolute Gasteiger partial charge is 0.497 e. The average Bonchev–Trinajstić information content (AvgIpc) is 3.16. The van der Waals surface area contributed by atoms with E-state index in [1.807, 2.05) is 24.3 Å². The molecule has 2 aliphatic rings. The summed E-state index contributed by atoms with van der Waals surface area (Å²) in [6.07, 6.45) is 8.27. The molecule has 2 fully saturated rings. The Morgan fingerprint density at radius 2 is 1.90 bits per heavy atom. The molecule has 3 amide bonds. The maximum Gasteiger partial charge on any atom is 0.325 e. The van der Waals surface area contributed by atoms with E-state index < -0.39 is 0 Å². The van der Waals surface area contributed by atoms with Crippen LogP contribution < -0.4 is 19.7 Å². The number of hydrogen-bond donors (Lipinski definition) is 1. The summed E-state index contributed by atoms with van der Waals surface area (Å²) in [5, 5.41) is 3.07. The number of anilines is 1. The molecule has 0 spiro atoms. The topological polar surface area (TPSA) is 96.9 Å². The summed E-state index contributed by atoms with van der Waals surface area (Å²) < 4.78 is 11.0. The zero-order chi connectivity index (χ0) is 21.6. The van der Waals surface area contributed by atoms with Crippen LogP contribution in [0.4, 0.5) is 10.5 Å². The minimum atomic E-state index is -0.151. The predicted molar refractivity (Wildman–Crippen MR) is 114 cm³/mol. The third kappa shape index (κ3) is 5.22. The van der Waals surface area contributed by atoms with Crippen LogP contribution in [0.5, 0.6) is 11.6 Å². The van der Waals surface area contributed by atoms with Crippen molar-refractivity contribution < 1.29 is 19.1 Å². The van der Waals surface area contributed by atoms with E-state index in [2.05, 4.69) is 15.3 Å². The number of nitrogens with zero attached hydrogens (tertiary/aromatic N) is 4. The number of aromatic nitrogens is 2. The van der Waals surface area contributed by atoms with Gasteiger partial charge in [0, 0.05) is 37.2 Å². The zero-order valence-corrected chi connectivity index (χ0v) is 17.6. The number of benzene rings is 1. The van der Waals surface area contributed by atoms with Gasteiger partial charge in [-0.15, -0.1) is 0 Å². The third-order valence-electron chi connectivity index (χ3n) is 5.68. The molecule has 31 heavy (non-hydrogen) atoms. The number of nitrogens with one attached hydrogen (secondary N) is 1. The second kappa shape index (κ2) is 9.63. The first-order valence-corrected chi connectivity index (χ1v) is 10.5.